The number of thioether (sulfide) groups is 2. The van der Waals surface area contributed by atoms with E-state index >= 15 is 0 Å². The lowest BCUT2D eigenvalue weighted by atomic mass is 9.82. The lowest BCUT2D eigenvalue weighted by Gasteiger charge is -2.26. The zero-order valence-electron chi connectivity index (χ0n) is 48.3. The molecule has 466 valence electrons. The number of benzene rings is 3. The van der Waals surface area contributed by atoms with Crippen molar-refractivity contribution in [2.24, 2.45) is 23.7 Å². The second-order valence-electron chi connectivity index (χ2n) is 19.7. The van der Waals surface area contributed by atoms with Crippen LogP contribution in [0.4, 0.5) is 0 Å². The van der Waals surface area contributed by atoms with Crippen LogP contribution in [0.25, 0.3) is 0 Å². The highest BCUT2D eigenvalue weighted by atomic mass is 32.2. The van der Waals surface area contributed by atoms with Crippen LogP contribution in [0.3, 0.4) is 0 Å². The summed E-state index contributed by atoms with van der Waals surface area (Å²) in [6, 6.07) is 16.5. The van der Waals surface area contributed by atoms with Crippen molar-refractivity contribution in [3.05, 3.63) is 94.8 Å². The number of hydrogen-bond acceptors (Lipinski definition) is 26. The summed E-state index contributed by atoms with van der Waals surface area (Å²) >= 11 is 2.07. The third-order valence-corrected chi connectivity index (χ3v) is 16.5. The SMILES string of the molecule is C=CC(=O)OCCOC(=O)CCC(=O)OCCc1ccc(OC(=O)C2CCC(C(=O)Oc3ccc(OC(=O)C4CCC(C(=O)Oc5ccc(CCOC(=O)CCC(=O)OCCOC(=O)C=C)cc5OC)CC4)c4c3SC(=C(C#N)C#N)S4)CC2)c(OC)c1. The Kier molecular flexibility index (Phi) is 26.9. The van der Waals surface area contributed by atoms with Crippen LogP contribution >= 0.6 is 23.5 Å². The smallest absolute Gasteiger partial charge is 0.330 e. The number of ether oxygens (including phenoxy) is 12. The highest BCUT2D eigenvalue weighted by Crippen LogP contribution is 2.59. The van der Waals surface area contributed by atoms with Crippen LogP contribution < -0.4 is 28.4 Å². The molecule has 3 aromatic carbocycles. The van der Waals surface area contributed by atoms with E-state index in [1.807, 2.05) is 12.1 Å². The minimum absolute atomic E-state index is 0.00364. The van der Waals surface area contributed by atoms with E-state index in [4.69, 9.17) is 56.8 Å². The molecule has 3 aromatic rings. The first-order chi connectivity index (χ1) is 42.4. The molecule has 0 atom stereocenters. The molecule has 2 fully saturated rings. The number of fused-ring (bicyclic) bond motifs is 1. The van der Waals surface area contributed by atoms with Crippen molar-refractivity contribution in [3.8, 4) is 46.6 Å². The van der Waals surface area contributed by atoms with Gasteiger partial charge in [-0.15, -0.1) is 0 Å². The van der Waals surface area contributed by atoms with E-state index < -0.39 is 83.4 Å². The fourth-order valence-electron chi connectivity index (χ4n) is 9.08. The zero-order chi connectivity index (χ0) is 63.5. The van der Waals surface area contributed by atoms with Crippen LogP contribution in [0.1, 0.15) is 88.2 Å². The molecular formula is C62H64N2O22S2. The van der Waals surface area contributed by atoms with Crippen LogP contribution in [-0.4, -0.2) is 114 Å². The topological polar surface area (TPSA) is 329 Å². The quantitative estimate of drug-likeness (QED) is 0.0152. The number of esters is 10. The lowest BCUT2D eigenvalue weighted by molar-refractivity contribution is -0.152. The summed E-state index contributed by atoms with van der Waals surface area (Å²) in [4.78, 5) is 125. The summed E-state index contributed by atoms with van der Waals surface area (Å²) in [7, 11) is 2.82. The molecule has 2 aliphatic carbocycles. The number of rotatable bonds is 30. The molecule has 0 saturated heterocycles. The maximum Gasteiger partial charge on any atom is 0.330 e. The number of carbonyl (C=O) groups is 10. The summed E-state index contributed by atoms with van der Waals surface area (Å²) < 4.78 is 64.4. The van der Waals surface area contributed by atoms with Crippen molar-refractivity contribution in [2.75, 3.05) is 53.9 Å². The second-order valence-corrected chi connectivity index (χ2v) is 22.0. The molecule has 1 heterocycles. The standard InChI is InChI=1S/C62H64N2O22S2/c1-5-50(65)79-29-31-81-54(69)23-21-52(67)77-27-25-37-7-17-44(48(33-37)75-3)83-58(71)39-9-13-41(14-10-39)60(73)85-46-19-20-47(57-56(46)87-62(88-57)43(35-63)36-64)86-61(74)42-15-11-40(12-16-42)59(72)84-45-18-8-38(34-49(45)76-4)26-28-78-53(68)22-24-55(70)82-32-30-80-51(66)6-2/h5-8,17-20,33-34,39-42H,1-2,9-16,21-32H2,3-4H3. The molecule has 0 spiro atoms. The number of nitrogens with zero attached hydrogens (tertiary/aromatic N) is 2. The van der Waals surface area contributed by atoms with E-state index in [-0.39, 0.29) is 105 Å². The maximum absolute atomic E-state index is 13.7. The monoisotopic (exact) mass is 1250 g/mol. The van der Waals surface area contributed by atoms with Crippen molar-refractivity contribution >= 4 is 83.2 Å². The summed E-state index contributed by atoms with van der Waals surface area (Å²) in [5.74, 6) is -7.11. The molecule has 0 unspecified atom stereocenters. The van der Waals surface area contributed by atoms with Gasteiger partial charge in [0.1, 0.15) is 55.6 Å². The number of methoxy groups -OCH3 is 2. The molecule has 2 saturated carbocycles. The second kappa shape index (κ2) is 34.9. The van der Waals surface area contributed by atoms with Gasteiger partial charge in [-0.3, -0.25) is 38.4 Å². The number of allylic oxidation sites excluding steroid dienone is 1. The van der Waals surface area contributed by atoms with Crippen LogP contribution in [0.2, 0.25) is 0 Å². The van der Waals surface area contributed by atoms with Crippen LogP contribution in [0.5, 0.6) is 34.5 Å². The summed E-state index contributed by atoms with van der Waals surface area (Å²) in [6.45, 7) is 5.90. The molecule has 0 amide bonds. The van der Waals surface area contributed by atoms with E-state index in [1.165, 1.54) is 26.4 Å². The van der Waals surface area contributed by atoms with Gasteiger partial charge in [0.15, 0.2) is 23.0 Å². The Labute approximate surface area is 515 Å². The third-order valence-electron chi connectivity index (χ3n) is 13.8. The molecule has 0 N–H and O–H groups in total. The Balaban J connectivity index is 0.938. The van der Waals surface area contributed by atoms with Gasteiger partial charge in [-0.25, -0.2) is 9.59 Å². The minimum Gasteiger partial charge on any atom is -0.493 e. The average Bonchev–Trinajstić information content (AvgIpc) is 2.00. The molecule has 0 bridgehead atoms. The molecule has 0 aromatic heterocycles. The van der Waals surface area contributed by atoms with Crippen molar-refractivity contribution < 1.29 is 105 Å². The number of nitriles is 2. The first kappa shape index (κ1) is 68.0. The largest absolute Gasteiger partial charge is 0.493 e. The first-order valence-electron chi connectivity index (χ1n) is 27.9. The van der Waals surface area contributed by atoms with Gasteiger partial charge < -0.3 is 56.8 Å². The number of hydrogen-bond donors (Lipinski definition) is 0. The van der Waals surface area contributed by atoms with Gasteiger partial charge in [0.25, 0.3) is 0 Å². The van der Waals surface area contributed by atoms with E-state index in [2.05, 4.69) is 13.2 Å². The minimum atomic E-state index is -0.656. The summed E-state index contributed by atoms with van der Waals surface area (Å²) in [5.41, 5.74) is 1.23. The van der Waals surface area contributed by atoms with Gasteiger partial charge in [0, 0.05) is 25.0 Å². The summed E-state index contributed by atoms with van der Waals surface area (Å²) in [6.07, 6.45) is 4.14. The molecule has 26 heteroatoms. The Bertz CT molecular complexity index is 3030. The van der Waals surface area contributed by atoms with Gasteiger partial charge in [0.05, 0.1) is 90.8 Å². The first-order valence-corrected chi connectivity index (χ1v) is 29.6. The number of carbonyl (C=O) groups excluding carboxylic acids is 10. The van der Waals surface area contributed by atoms with Gasteiger partial charge in [-0.05, 0) is 98.9 Å². The van der Waals surface area contributed by atoms with E-state index in [1.54, 1.807) is 36.4 Å². The highest BCUT2D eigenvalue weighted by Gasteiger charge is 2.37. The van der Waals surface area contributed by atoms with Crippen LogP contribution in [0, 0.1) is 46.3 Å². The molecule has 6 rings (SSSR count). The Morgan fingerprint density at radius 3 is 1.05 bits per heavy atom. The summed E-state index contributed by atoms with van der Waals surface area (Å²) in [5, 5.41) is 19.5. The van der Waals surface area contributed by atoms with Crippen molar-refractivity contribution in [1.82, 2.24) is 0 Å². The predicted octanol–water partition coefficient (Wildman–Crippen LogP) is 8.07. The van der Waals surface area contributed by atoms with E-state index in [9.17, 15) is 58.5 Å². The Hall–Kier alpha value is -9.14. The van der Waals surface area contributed by atoms with Gasteiger partial charge in [-0.2, -0.15) is 10.5 Å². The average molecular weight is 1250 g/mol. The lowest BCUT2D eigenvalue weighted by Crippen LogP contribution is -2.30. The van der Waals surface area contributed by atoms with Gasteiger partial charge >= 0.3 is 59.7 Å². The zero-order valence-corrected chi connectivity index (χ0v) is 50.0. The van der Waals surface area contributed by atoms with Crippen molar-refractivity contribution in [2.45, 2.75) is 99.7 Å². The Morgan fingerprint density at radius 1 is 0.443 bits per heavy atom. The normalized spacial score (nSPS) is 16.4. The third kappa shape index (κ3) is 20.8. The van der Waals surface area contributed by atoms with E-state index in [0.29, 0.717) is 89.4 Å². The fourth-order valence-corrected chi connectivity index (χ4v) is 11.6. The van der Waals surface area contributed by atoms with Gasteiger partial charge in [0.2, 0.25) is 0 Å². The molecule has 88 heavy (non-hydrogen) atoms. The highest BCUT2D eigenvalue weighted by molar-refractivity contribution is 8.24. The molecule has 1 aliphatic heterocycles. The molecule has 24 nitrogen and oxygen atoms in total. The van der Waals surface area contributed by atoms with Crippen LogP contribution in [0.15, 0.2) is 93.4 Å². The van der Waals surface area contributed by atoms with Crippen LogP contribution in [-0.2, 0) is 89.2 Å². The van der Waals surface area contributed by atoms with E-state index in [0.717, 1.165) is 35.7 Å². The molecule has 0 radical (unpaired) electrons. The van der Waals surface area contributed by atoms with Crippen molar-refractivity contribution in [3.63, 3.8) is 0 Å². The molecule has 3 aliphatic rings. The van der Waals surface area contributed by atoms with Gasteiger partial charge in [-0.1, -0.05) is 48.8 Å². The predicted molar refractivity (Wildman–Crippen MR) is 308 cm³/mol. The molecular weight excluding hydrogens is 1190 g/mol. The fraction of sp³-hybridized carbons (Fsp3) is 0.419. The Morgan fingerprint density at radius 2 is 0.739 bits per heavy atom. The van der Waals surface area contributed by atoms with Crippen molar-refractivity contribution in [1.29, 1.82) is 10.5 Å². The maximum atomic E-state index is 13.7.